The molecule has 2 aromatic rings. The van der Waals surface area contributed by atoms with Crippen LogP contribution < -0.4 is 5.73 Å². The summed E-state index contributed by atoms with van der Waals surface area (Å²) < 4.78 is 10.9. The molecular weight excluding hydrogens is 216 g/mol. The zero-order valence-electron chi connectivity index (χ0n) is 9.43. The lowest BCUT2D eigenvalue weighted by atomic mass is 9.92. The van der Waals surface area contributed by atoms with Crippen molar-refractivity contribution in [2.45, 2.75) is 12.5 Å². The smallest absolute Gasteiger partial charge is 0.167 e. The van der Waals surface area contributed by atoms with E-state index in [4.69, 9.17) is 15.0 Å². The molecule has 0 amide bonds. The van der Waals surface area contributed by atoms with Gasteiger partial charge in [0.1, 0.15) is 0 Å². The molecule has 0 fully saturated rings. The Morgan fingerprint density at radius 2 is 2.29 bits per heavy atom. The van der Waals surface area contributed by atoms with E-state index in [-0.39, 0.29) is 6.10 Å². The summed E-state index contributed by atoms with van der Waals surface area (Å²) in [5.41, 5.74) is 9.27. The van der Waals surface area contributed by atoms with E-state index in [1.54, 1.807) is 6.20 Å². The maximum absolute atomic E-state index is 5.73. The van der Waals surface area contributed by atoms with Gasteiger partial charge in [-0.2, -0.15) is 0 Å². The fraction of sp³-hybridized carbons (Fsp3) is 0.308. The zero-order chi connectivity index (χ0) is 11.7. The third kappa shape index (κ3) is 1.75. The molecule has 2 heterocycles. The summed E-state index contributed by atoms with van der Waals surface area (Å²) in [6.07, 6.45) is 2.55. The zero-order valence-corrected chi connectivity index (χ0v) is 9.43. The largest absolute Gasteiger partial charge is 0.372 e. The molecule has 88 valence electrons. The van der Waals surface area contributed by atoms with Gasteiger partial charge in [-0.3, -0.25) is 0 Å². The van der Waals surface area contributed by atoms with Gasteiger partial charge in [-0.15, -0.1) is 0 Å². The summed E-state index contributed by atoms with van der Waals surface area (Å²) in [6.45, 7) is 1.22. The fourth-order valence-corrected chi connectivity index (χ4v) is 2.36. The van der Waals surface area contributed by atoms with Crippen molar-refractivity contribution < 1.29 is 9.26 Å². The molecule has 0 saturated heterocycles. The SMILES string of the molecule is NC[C@@H]1OCCc2c(-c3ccno3)cccc21. The number of nitrogens with two attached hydrogens (primary N) is 1. The molecule has 1 aliphatic rings. The van der Waals surface area contributed by atoms with Crippen LogP contribution in [0.1, 0.15) is 17.2 Å². The first-order valence-corrected chi connectivity index (χ1v) is 5.74. The average Bonchev–Trinajstić information content (AvgIpc) is 2.91. The average molecular weight is 230 g/mol. The number of rotatable bonds is 2. The molecule has 1 aromatic heterocycles. The second-order valence-corrected chi connectivity index (χ2v) is 4.10. The minimum atomic E-state index is 0.00150. The van der Waals surface area contributed by atoms with Crippen LogP contribution in [0, 0.1) is 0 Å². The summed E-state index contributed by atoms with van der Waals surface area (Å²) in [6, 6.07) is 8.01. The second kappa shape index (κ2) is 4.31. The predicted octanol–water partition coefficient (Wildman–Crippen LogP) is 1.91. The minimum absolute atomic E-state index is 0.00150. The highest BCUT2D eigenvalue weighted by Crippen LogP contribution is 2.33. The van der Waals surface area contributed by atoms with Crippen LogP contribution in [0.3, 0.4) is 0 Å². The van der Waals surface area contributed by atoms with Gasteiger partial charge in [0.05, 0.1) is 18.9 Å². The van der Waals surface area contributed by atoms with Crippen molar-refractivity contribution in [1.29, 1.82) is 0 Å². The summed E-state index contributed by atoms with van der Waals surface area (Å²) in [4.78, 5) is 0. The minimum Gasteiger partial charge on any atom is -0.372 e. The van der Waals surface area contributed by atoms with Crippen molar-refractivity contribution in [2.75, 3.05) is 13.2 Å². The van der Waals surface area contributed by atoms with E-state index in [0.717, 1.165) is 17.7 Å². The van der Waals surface area contributed by atoms with E-state index < -0.39 is 0 Å². The Balaban J connectivity index is 2.12. The van der Waals surface area contributed by atoms with Gasteiger partial charge >= 0.3 is 0 Å². The molecule has 1 aliphatic heterocycles. The Labute approximate surface area is 99.4 Å². The predicted molar refractivity (Wildman–Crippen MR) is 63.4 cm³/mol. The normalized spacial score (nSPS) is 19.0. The summed E-state index contributed by atoms with van der Waals surface area (Å²) >= 11 is 0. The highest BCUT2D eigenvalue weighted by Gasteiger charge is 2.22. The van der Waals surface area contributed by atoms with Gasteiger partial charge in [0.2, 0.25) is 0 Å². The van der Waals surface area contributed by atoms with E-state index in [2.05, 4.69) is 17.3 Å². The first-order chi connectivity index (χ1) is 8.40. The molecular formula is C13H14N2O2. The molecule has 0 saturated carbocycles. The van der Waals surface area contributed by atoms with E-state index >= 15 is 0 Å². The molecule has 0 spiro atoms. The van der Waals surface area contributed by atoms with Gasteiger partial charge in [0.15, 0.2) is 5.76 Å². The van der Waals surface area contributed by atoms with Crippen LogP contribution >= 0.6 is 0 Å². The Hall–Kier alpha value is -1.65. The summed E-state index contributed by atoms with van der Waals surface area (Å²) in [7, 11) is 0. The first-order valence-electron chi connectivity index (χ1n) is 5.74. The van der Waals surface area contributed by atoms with Crippen molar-refractivity contribution in [3.05, 3.63) is 41.6 Å². The second-order valence-electron chi connectivity index (χ2n) is 4.10. The highest BCUT2D eigenvalue weighted by molar-refractivity contribution is 5.64. The summed E-state index contributed by atoms with van der Waals surface area (Å²) in [5, 5.41) is 3.76. The number of nitrogens with zero attached hydrogens (tertiary/aromatic N) is 1. The van der Waals surface area contributed by atoms with Crippen LogP contribution in [-0.2, 0) is 11.2 Å². The molecule has 0 radical (unpaired) electrons. The molecule has 0 unspecified atom stereocenters. The fourth-order valence-electron chi connectivity index (χ4n) is 2.36. The van der Waals surface area contributed by atoms with E-state index in [1.807, 2.05) is 12.1 Å². The van der Waals surface area contributed by atoms with Gasteiger partial charge in [0.25, 0.3) is 0 Å². The number of hydrogen-bond donors (Lipinski definition) is 1. The summed E-state index contributed by atoms with van der Waals surface area (Å²) in [5.74, 6) is 0.805. The third-order valence-corrected chi connectivity index (χ3v) is 3.15. The molecule has 0 bridgehead atoms. The lowest BCUT2D eigenvalue weighted by Gasteiger charge is -2.26. The number of benzene rings is 1. The standard InChI is InChI=1S/C13H14N2O2/c14-8-13-11-3-1-2-10(9(11)5-7-16-13)12-4-6-15-17-12/h1-4,6,13H,5,7-8,14H2/t13-/m0/s1. The van der Waals surface area contributed by atoms with Gasteiger partial charge in [-0.1, -0.05) is 23.4 Å². The monoisotopic (exact) mass is 230 g/mol. The Kier molecular flexibility index (Phi) is 2.66. The van der Waals surface area contributed by atoms with Crippen molar-refractivity contribution >= 4 is 0 Å². The van der Waals surface area contributed by atoms with E-state index in [9.17, 15) is 0 Å². The van der Waals surface area contributed by atoms with Crippen LogP contribution in [0.15, 0.2) is 35.0 Å². The first kappa shape index (κ1) is 10.5. The molecule has 2 N–H and O–H groups in total. The number of aromatic nitrogens is 1. The van der Waals surface area contributed by atoms with Gasteiger partial charge in [-0.05, 0) is 17.5 Å². The molecule has 4 nitrogen and oxygen atoms in total. The molecule has 17 heavy (non-hydrogen) atoms. The third-order valence-electron chi connectivity index (χ3n) is 3.15. The quantitative estimate of drug-likeness (QED) is 0.856. The maximum Gasteiger partial charge on any atom is 0.167 e. The van der Waals surface area contributed by atoms with Crippen LogP contribution in [0.2, 0.25) is 0 Å². The number of ether oxygens (including phenoxy) is 1. The van der Waals surface area contributed by atoms with E-state index in [1.165, 1.54) is 11.1 Å². The molecule has 3 rings (SSSR count). The maximum atomic E-state index is 5.73. The molecule has 1 atom stereocenters. The molecule has 0 aliphatic carbocycles. The molecule has 4 heteroatoms. The van der Waals surface area contributed by atoms with Crippen LogP contribution in [-0.4, -0.2) is 18.3 Å². The van der Waals surface area contributed by atoms with Crippen LogP contribution in [0.25, 0.3) is 11.3 Å². The topological polar surface area (TPSA) is 61.3 Å². The Morgan fingerprint density at radius 1 is 1.35 bits per heavy atom. The number of hydrogen-bond acceptors (Lipinski definition) is 4. The number of fused-ring (bicyclic) bond motifs is 1. The van der Waals surface area contributed by atoms with Crippen molar-refractivity contribution in [3.63, 3.8) is 0 Å². The van der Waals surface area contributed by atoms with Crippen LogP contribution in [0.4, 0.5) is 0 Å². The van der Waals surface area contributed by atoms with Gasteiger partial charge < -0.3 is 15.0 Å². The molecule has 1 aromatic carbocycles. The van der Waals surface area contributed by atoms with Crippen LogP contribution in [0.5, 0.6) is 0 Å². The lowest BCUT2D eigenvalue weighted by Crippen LogP contribution is -2.23. The van der Waals surface area contributed by atoms with E-state index in [0.29, 0.717) is 13.2 Å². The van der Waals surface area contributed by atoms with Crippen molar-refractivity contribution in [1.82, 2.24) is 5.16 Å². The Morgan fingerprint density at radius 3 is 3.06 bits per heavy atom. The van der Waals surface area contributed by atoms with Gasteiger partial charge in [-0.25, -0.2) is 0 Å². The Bertz CT molecular complexity index is 508. The van der Waals surface area contributed by atoms with Gasteiger partial charge in [0, 0.05) is 18.2 Å². The van der Waals surface area contributed by atoms with Crippen molar-refractivity contribution in [2.24, 2.45) is 5.73 Å². The lowest BCUT2D eigenvalue weighted by molar-refractivity contribution is 0.0486. The van der Waals surface area contributed by atoms with Crippen molar-refractivity contribution in [3.8, 4) is 11.3 Å². The highest BCUT2D eigenvalue weighted by atomic mass is 16.5.